The van der Waals surface area contributed by atoms with Crippen LogP contribution in [0, 0.1) is 0 Å². The van der Waals surface area contributed by atoms with Gasteiger partial charge in [-0.25, -0.2) is 0 Å². The van der Waals surface area contributed by atoms with Crippen molar-refractivity contribution in [2.24, 2.45) is 0 Å². The molecule has 2 aromatic rings. The molecule has 1 aromatic carbocycles. The highest BCUT2D eigenvalue weighted by Gasteiger charge is 2.00. The summed E-state index contributed by atoms with van der Waals surface area (Å²) in [6.45, 7) is 2.17. The number of aromatic nitrogens is 2. The monoisotopic (exact) mass is 241 g/mol. The van der Waals surface area contributed by atoms with E-state index in [-0.39, 0.29) is 5.78 Å². The van der Waals surface area contributed by atoms with Crippen molar-refractivity contribution in [3.63, 3.8) is 0 Å². The van der Waals surface area contributed by atoms with Crippen LogP contribution >= 0.6 is 0 Å². The normalized spacial score (nSPS) is 10.1. The summed E-state index contributed by atoms with van der Waals surface area (Å²) in [6, 6.07) is 13.7. The van der Waals surface area contributed by atoms with Gasteiger partial charge >= 0.3 is 0 Å². The molecule has 0 aliphatic carbocycles. The molecule has 0 aliphatic rings. The second-order valence-electron chi connectivity index (χ2n) is 4.05. The van der Waals surface area contributed by atoms with E-state index in [4.69, 9.17) is 0 Å². The first-order chi connectivity index (χ1) is 8.75. The predicted molar refractivity (Wildman–Crippen MR) is 71.3 cm³/mol. The number of ketones is 1. The number of nitrogens with zero attached hydrogens (tertiary/aromatic N) is 2. The van der Waals surface area contributed by atoms with E-state index >= 15 is 0 Å². The molecule has 1 aromatic heterocycles. The van der Waals surface area contributed by atoms with Gasteiger partial charge in [-0.3, -0.25) is 4.79 Å². The highest BCUT2D eigenvalue weighted by atomic mass is 16.1. The van der Waals surface area contributed by atoms with Gasteiger partial charge in [0, 0.05) is 18.5 Å². The Morgan fingerprint density at radius 2 is 1.89 bits per heavy atom. The quantitative estimate of drug-likeness (QED) is 0.874. The molecule has 92 valence electrons. The Morgan fingerprint density at radius 3 is 2.50 bits per heavy atom. The van der Waals surface area contributed by atoms with Gasteiger partial charge < -0.3 is 5.32 Å². The van der Waals surface area contributed by atoms with Crippen LogP contribution in [0.1, 0.15) is 13.3 Å². The molecule has 18 heavy (non-hydrogen) atoms. The molecule has 0 fully saturated rings. The van der Waals surface area contributed by atoms with Crippen LogP contribution in [0.25, 0.3) is 11.3 Å². The highest BCUT2D eigenvalue weighted by Crippen LogP contribution is 2.16. The number of carbonyl (C=O) groups excluding carboxylic acids is 1. The van der Waals surface area contributed by atoms with Crippen LogP contribution in [0.2, 0.25) is 0 Å². The van der Waals surface area contributed by atoms with Crippen LogP contribution in [0.15, 0.2) is 42.5 Å². The van der Waals surface area contributed by atoms with Crippen molar-refractivity contribution >= 4 is 11.6 Å². The largest absolute Gasteiger partial charge is 0.368 e. The second-order valence-corrected chi connectivity index (χ2v) is 4.05. The van der Waals surface area contributed by atoms with E-state index in [1.54, 1.807) is 6.92 Å². The molecule has 0 bridgehead atoms. The fraction of sp³-hybridized carbons (Fsp3) is 0.214. The van der Waals surface area contributed by atoms with Gasteiger partial charge in [-0.15, -0.1) is 10.2 Å². The van der Waals surface area contributed by atoms with E-state index < -0.39 is 0 Å². The molecule has 0 saturated heterocycles. The Bertz CT molecular complexity index is 508. The Balaban J connectivity index is 2.00. The maximum absolute atomic E-state index is 10.8. The summed E-state index contributed by atoms with van der Waals surface area (Å²) < 4.78 is 0. The van der Waals surface area contributed by atoms with Gasteiger partial charge in [0.25, 0.3) is 0 Å². The number of hydrogen-bond acceptors (Lipinski definition) is 4. The van der Waals surface area contributed by atoms with Crippen molar-refractivity contribution < 1.29 is 4.79 Å². The standard InChI is InChI=1S/C14H15N3O/c1-11(18)9-10-15-14-8-7-13(16-17-14)12-5-3-2-4-6-12/h2-8H,9-10H2,1H3,(H,15,17). The average molecular weight is 241 g/mol. The van der Waals surface area contributed by atoms with E-state index in [9.17, 15) is 4.79 Å². The molecule has 0 amide bonds. The number of benzene rings is 1. The zero-order valence-corrected chi connectivity index (χ0v) is 10.3. The highest BCUT2D eigenvalue weighted by molar-refractivity contribution is 5.75. The lowest BCUT2D eigenvalue weighted by Crippen LogP contribution is -2.07. The van der Waals surface area contributed by atoms with Gasteiger partial charge in [-0.1, -0.05) is 30.3 Å². The fourth-order valence-electron chi connectivity index (χ4n) is 1.56. The van der Waals surface area contributed by atoms with Crippen molar-refractivity contribution in [2.75, 3.05) is 11.9 Å². The molecule has 1 heterocycles. The molecule has 1 N–H and O–H groups in total. The summed E-state index contributed by atoms with van der Waals surface area (Å²) in [6.07, 6.45) is 0.502. The first-order valence-corrected chi connectivity index (χ1v) is 5.88. The van der Waals surface area contributed by atoms with Crippen LogP contribution in [-0.4, -0.2) is 22.5 Å². The fourth-order valence-corrected chi connectivity index (χ4v) is 1.56. The molecule has 0 unspecified atom stereocenters. The Labute approximate surface area is 106 Å². The third kappa shape index (κ3) is 3.38. The minimum Gasteiger partial charge on any atom is -0.368 e. The van der Waals surface area contributed by atoms with Crippen molar-refractivity contribution in [2.45, 2.75) is 13.3 Å². The van der Waals surface area contributed by atoms with Crippen molar-refractivity contribution in [1.82, 2.24) is 10.2 Å². The summed E-state index contributed by atoms with van der Waals surface area (Å²) in [4.78, 5) is 10.8. The van der Waals surface area contributed by atoms with Crippen LogP contribution in [-0.2, 0) is 4.79 Å². The molecule has 4 heteroatoms. The maximum Gasteiger partial charge on any atom is 0.148 e. The Hall–Kier alpha value is -2.23. The lowest BCUT2D eigenvalue weighted by Gasteiger charge is -2.04. The molecule has 0 aliphatic heterocycles. The Morgan fingerprint density at radius 1 is 1.11 bits per heavy atom. The van der Waals surface area contributed by atoms with Crippen molar-refractivity contribution in [3.05, 3.63) is 42.5 Å². The van der Waals surface area contributed by atoms with Crippen LogP contribution in [0.5, 0.6) is 0 Å². The van der Waals surface area contributed by atoms with Gasteiger partial charge in [0.1, 0.15) is 11.6 Å². The van der Waals surface area contributed by atoms with E-state index in [2.05, 4.69) is 15.5 Å². The van der Waals surface area contributed by atoms with Crippen LogP contribution in [0.4, 0.5) is 5.82 Å². The third-order valence-corrected chi connectivity index (χ3v) is 2.52. The maximum atomic E-state index is 10.8. The summed E-state index contributed by atoms with van der Waals surface area (Å²) in [7, 11) is 0. The lowest BCUT2D eigenvalue weighted by molar-refractivity contribution is -0.116. The minimum atomic E-state index is 0.163. The van der Waals surface area contributed by atoms with Gasteiger partial charge in [0.2, 0.25) is 0 Å². The third-order valence-electron chi connectivity index (χ3n) is 2.52. The number of Topliss-reactive ketones (excluding diaryl/α,β-unsaturated/α-hetero) is 1. The van der Waals surface area contributed by atoms with Gasteiger partial charge in [-0.05, 0) is 19.1 Å². The van der Waals surface area contributed by atoms with Gasteiger partial charge in [0.05, 0.1) is 5.69 Å². The summed E-state index contributed by atoms with van der Waals surface area (Å²) in [5.41, 5.74) is 1.88. The Kier molecular flexibility index (Phi) is 4.02. The van der Waals surface area contributed by atoms with Crippen LogP contribution < -0.4 is 5.32 Å². The SMILES string of the molecule is CC(=O)CCNc1ccc(-c2ccccc2)nn1. The van der Waals surface area contributed by atoms with Crippen molar-refractivity contribution in [3.8, 4) is 11.3 Å². The van der Waals surface area contributed by atoms with Gasteiger partial charge in [-0.2, -0.15) is 0 Å². The number of carbonyl (C=O) groups is 1. The second kappa shape index (κ2) is 5.91. The molecule has 0 radical (unpaired) electrons. The van der Waals surface area contributed by atoms with Crippen molar-refractivity contribution in [1.29, 1.82) is 0 Å². The molecule has 4 nitrogen and oxygen atoms in total. The number of nitrogens with one attached hydrogen (secondary N) is 1. The molecule has 0 atom stereocenters. The topological polar surface area (TPSA) is 54.9 Å². The number of hydrogen-bond donors (Lipinski definition) is 1. The zero-order valence-electron chi connectivity index (χ0n) is 10.3. The van der Waals surface area contributed by atoms with E-state index in [1.807, 2.05) is 42.5 Å². The lowest BCUT2D eigenvalue weighted by atomic mass is 10.1. The molecule has 0 spiro atoms. The predicted octanol–water partition coefficient (Wildman–Crippen LogP) is 2.53. The number of rotatable bonds is 5. The molecule has 0 saturated carbocycles. The van der Waals surface area contributed by atoms with E-state index in [0.29, 0.717) is 18.8 Å². The van der Waals surface area contributed by atoms with Crippen LogP contribution in [0.3, 0.4) is 0 Å². The van der Waals surface area contributed by atoms with E-state index in [1.165, 1.54) is 0 Å². The smallest absolute Gasteiger partial charge is 0.148 e. The number of anilines is 1. The summed E-state index contributed by atoms with van der Waals surface area (Å²) in [5, 5.41) is 11.3. The summed E-state index contributed by atoms with van der Waals surface area (Å²) >= 11 is 0. The van der Waals surface area contributed by atoms with E-state index in [0.717, 1.165) is 11.3 Å². The molecular formula is C14H15N3O. The zero-order chi connectivity index (χ0) is 12.8. The first-order valence-electron chi connectivity index (χ1n) is 5.88. The van der Waals surface area contributed by atoms with Gasteiger partial charge in [0.15, 0.2) is 0 Å². The first kappa shape index (κ1) is 12.2. The minimum absolute atomic E-state index is 0.163. The molecule has 2 rings (SSSR count). The molecular weight excluding hydrogens is 226 g/mol. The summed E-state index contributed by atoms with van der Waals surface area (Å²) in [5.74, 6) is 0.854. The average Bonchev–Trinajstić information content (AvgIpc) is 2.40.